The maximum absolute atomic E-state index is 12.7. The van der Waals surface area contributed by atoms with Gasteiger partial charge in [0.05, 0.1) is 42.7 Å². The van der Waals surface area contributed by atoms with E-state index in [1.807, 2.05) is 6.07 Å². The Hall–Kier alpha value is -4.25. The first-order chi connectivity index (χ1) is 24.0. The van der Waals surface area contributed by atoms with Crippen LogP contribution in [0.25, 0.3) is 0 Å². The van der Waals surface area contributed by atoms with E-state index in [-0.39, 0.29) is 41.5 Å². The van der Waals surface area contributed by atoms with Crippen LogP contribution in [-0.4, -0.2) is 70.0 Å². The fourth-order valence-corrected chi connectivity index (χ4v) is 5.49. The molecule has 0 aliphatic rings. The van der Waals surface area contributed by atoms with Gasteiger partial charge in [0.15, 0.2) is 14.0 Å². The van der Waals surface area contributed by atoms with Crippen LogP contribution in [-0.2, 0) is 29.8 Å². The lowest BCUT2D eigenvalue weighted by molar-refractivity contribution is -0.385. The summed E-state index contributed by atoms with van der Waals surface area (Å²) in [6.45, 7) is 2.01. The van der Waals surface area contributed by atoms with E-state index in [0.29, 0.717) is 20.6 Å². The molecule has 0 saturated carbocycles. The van der Waals surface area contributed by atoms with Gasteiger partial charge in [-0.1, -0.05) is 11.6 Å². The summed E-state index contributed by atoms with van der Waals surface area (Å²) in [5.74, 6) is -3.38. The molecule has 0 bridgehead atoms. The van der Waals surface area contributed by atoms with Crippen LogP contribution in [0.2, 0.25) is 5.02 Å². The summed E-state index contributed by atoms with van der Waals surface area (Å²) in [6.07, 6.45) is -4.61. The van der Waals surface area contributed by atoms with E-state index in [0.717, 1.165) is 30.3 Å². The van der Waals surface area contributed by atoms with Crippen molar-refractivity contribution < 1.29 is 66.4 Å². The Morgan fingerprint density at radius 3 is 2.17 bits per heavy atom. The number of nitro benzene ring substituents is 1. The number of carboxylic acid groups (broad SMARTS) is 1. The molecule has 0 saturated heterocycles. The topological polar surface area (TPSA) is 250 Å². The molecule has 52 heavy (non-hydrogen) atoms. The number of carboxylic acids is 1. The van der Waals surface area contributed by atoms with Crippen LogP contribution in [0.3, 0.4) is 0 Å². The fourth-order valence-electron chi connectivity index (χ4n) is 3.33. The number of nitro groups is 1. The van der Waals surface area contributed by atoms with Crippen molar-refractivity contribution in [3.63, 3.8) is 0 Å². The minimum absolute atomic E-state index is 0.0412. The Labute approximate surface area is 314 Å². The SMILES string of the molecule is CCOC(=O)COC(=O)c1cc(Oc2ccc(C(F)(F)F)cc2Cl)ccc1[N+](=O)[O-].CP(=O)(O)CCC(N)C(=O)O.N#Cc1cc(Br)c(O)c(Br)c1. The number of carbonyl (C=O) groups is 3. The number of alkyl halides is 3. The van der Waals surface area contributed by atoms with Crippen LogP contribution in [0, 0.1) is 21.4 Å². The summed E-state index contributed by atoms with van der Waals surface area (Å²) in [6, 6.07) is 9.40. The van der Waals surface area contributed by atoms with Crippen LogP contribution in [0.15, 0.2) is 57.5 Å². The van der Waals surface area contributed by atoms with Crippen molar-refractivity contribution in [1.29, 1.82) is 5.26 Å². The van der Waals surface area contributed by atoms with Gasteiger partial charge in [-0.15, -0.1) is 0 Å². The Kier molecular flexibility index (Phi) is 18.2. The second-order valence-electron chi connectivity index (χ2n) is 9.97. The van der Waals surface area contributed by atoms with Crippen LogP contribution >= 0.6 is 50.8 Å². The predicted molar refractivity (Wildman–Crippen MR) is 186 cm³/mol. The number of halogens is 6. The molecule has 0 aromatic heterocycles. The first-order valence-electron chi connectivity index (χ1n) is 14.0. The zero-order valence-electron chi connectivity index (χ0n) is 26.7. The zero-order chi connectivity index (χ0) is 40.0. The molecule has 3 aromatic carbocycles. The number of ether oxygens (including phenoxy) is 3. The average Bonchev–Trinajstić information content (AvgIpc) is 3.05. The summed E-state index contributed by atoms with van der Waals surface area (Å²) in [5, 5.41) is 36.8. The number of hydrogen-bond donors (Lipinski definition) is 4. The van der Waals surface area contributed by atoms with E-state index in [2.05, 4.69) is 36.6 Å². The molecule has 2 unspecified atom stereocenters. The molecule has 0 aliphatic heterocycles. The van der Waals surface area contributed by atoms with Gasteiger partial charge in [-0.2, -0.15) is 18.4 Å². The Balaban J connectivity index is 0.000000500. The molecule has 282 valence electrons. The van der Waals surface area contributed by atoms with Crippen LogP contribution in [0.4, 0.5) is 18.9 Å². The zero-order valence-corrected chi connectivity index (χ0v) is 31.5. The van der Waals surface area contributed by atoms with Crippen molar-refractivity contribution >= 4 is 74.4 Å². The first-order valence-corrected chi connectivity index (χ1v) is 18.3. The highest BCUT2D eigenvalue weighted by molar-refractivity contribution is 9.11. The van der Waals surface area contributed by atoms with Gasteiger partial charge in [0.25, 0.3) is 5.69 Å². The third-order valence-corrected chi connectivity index (χ3v) is 8.41. The first kappa shape index (κ1) is 45.8. The normalized spacial score (nSPS) is 12.2. The molecule has 22 heteroatoms. The van der Waals surface area contributed by atoms with Crippen molar-refractivity contribution in [2.45, 2.75) is 25.6 Å². The predicted octanol–water partition coefficient (Wildman–Crippen LogP) is 7.26. The monoisotopic (exact) mass is 903 g/mol. The van der Waals surface area contributed by atoms with E-state index in [1.165, 1.54) is 13.6 Å². The van der Waals surface area contributed by atoms with Gasteiger partial charge in [-0.05, 0) is 81.6 Å². The fraction of sp³-hybridized carbons (Fsp3) is 0.267. The van der Waals surface area contributed by atoms with E-state index < -0.39 is 65.8 Å². The molecule has 0 heterocycles. The number of aromatic hydroxyl groups is 1. The van der Waals surface area contributed by atoms with Crippen molar-refractivity contribution in [3.05, 3.63) is 89.3 Å². The lowest BCUT2D eigenvalue weighted by Crippen LogP contribution is -2.30. The quantitative estimate of drug-likeness (QED) is 0.0640. The van der Waals surface area contributed by atoms with Crippen molar-refractivity contribution in [2.24, 2.45) is 5.73 Å². The highest BCUT2D eigenvalue weighted by Gasteiger charge is 2.31. The standard InChI is InChI=1S/C18H13ClF3NO7.C7H3Br2NO.C5H12NO4P/c1-2-28-16(24)9-29-17(25)12-8-11(4-5-14(12)23(26)27)30-15-6-3-10(7-13(15)19)18(20,21)22;8-5-1-4(3-10)2-6(9)7(5)11;1-11(9,10)3-2-4(6)5(7)8/h3-8H,2,9H2,1H3;1-2,11H;4H,2-3,6H2,1H3,(H,7,8)(H,9,10). The molecular weight excluding hydrogens is 878 g/mol. The molecule has 0 aliphatic carbocycles. The number of hydrogen-bond acceptors (Lipinski definition) is 12. The second-order valence-corrected chi connectivity index (χ2v) is 14.6. The Bertz CT molecular complexity index is 1850. The number of nitrogens with zero attached hydrogens (tertiary/aromatic N) is 2. The largest absolute Gasteiger partial charge is 0.506 e. The molecule has 0 radical (unpaired) electrons. The molecular formula is C30H28Br2ClF3N3O12P. The van der Waals surface area contributed by atoms with Gasteiger partial charge in [0.1, 0.15) is 28.9 Å². The number of carbonyl (C=O) groups excluding carboxylic acids is 2. The van der Waals surface area contributed by atoms with Gasteiger partial charge < -0.3 is 35.1 Å². The minimum Gasteiger partial charge on any atom is -0.506 e. The summed E-state index contributed by atoms with van der Waals surface area (Å²) in [5.41, 5.74) is 3.43. The van der Waals surface area contributed by atoms with Gasteiger partial charge in [-0.25, -0.2) is 9.59 Å². The Morgan fingerprint density at radius 2 is 1.71 bits per heavy atom. The molecule has 0 fully saturated rings. The maximum Gasteiger partial charge on any atom is 0.416 e. The summed E-state index contributed by atoms with van der Waals surface area (Å²) >= 11 is 12.0. The van der Waals surface area contributed by atoms with Gasteiger partial charge >= 0.3 is 24.1 Å². The molecule has 5 N–H and O–H groups in total. The van der Waals surface area contributed by atoms with E-state index in [9.17, 15) is 47.3 Å². The lowest BCUT2D eigenvalue weighted by Gasteiger charge is -2.12. The highest BCUT2D eigenvalue weighted by atomic mass is 79.9. The number of phenolic OH excluding ortho intramolecular Hbond substituents is 1. The average molecular weight is 906 g/mol. The minimum atomic E-state index is -4.61. The van der Waals surface area contributed by atoms with Crippen molar-refractivity contribution in [2.75, 3.05) is 26.0 Å². The molecule has 3 rings (SSSR count). The van der Waals surface area contributed by atoms with E-state index in [1.54, 1.807) is 12.1 Å². The number of nitrogens with two attached hydrogens (primary N) is 1. The summed E-state index contributed by atoms with van der Waals surface area (Å²) in [4.78, 5) is 52.6. The number of phenols is 1. The molecule has 15 nitrogen and oxygen atoms in total. The third-order valence-electron chi connectivity index (χ3n) is 5.82. The number of esters is 2. The van der Waals surface area contributed by atoms with Gasteiger partial charge in [0.2, 0.25) is 0 Å². The number of rotatable bonds is 11. The lowest BCUT2D eigenvalue weighted by atomic mass is 10.1. The smallest absolute Gasteiger partial charge is 0.416 e. The maximum atomic E-state index is 12.7. The van der Waals surface area contributed by atoms with Crippen LogP contribution in [0.1, 0.15) is 34.8 Å². The number of aliphatic carboxylic acids is 1. The van der Waals surface area contributed by atoms with Gasteiger partial charge in [0, 0.05) is 25.0 Å². The van der Waals surface area contributed by atoms with E-state index >= 15 is 0 Å². The number of benzene rings is 3. The number of nitriles is 1. The third kappa shape index (κ3) is 16.0. The second kappa shape index (κ2) is 20.7. The molecule has 0 amide bonds. The Morgan fingerprint density at radius 1 is 1.12 bits per heavy atom. The van der Waals surface area contributed by atoms with Crippen LogP contribution < -0.4 is 10.5 Å². The molecule has 3 aromatic rings. The molecule has 2 atom stereocenters. The van der Waals surface area contributed by atoms with Crippen molar-refractivity contribution in [1.82, 2.24) is 0 Å². The van der Waals surface area contributed by atoms with E-state index in [4.69, 9.17) is 42.1 Å². The summed E-state index contributed by atoms with van der Waals surface area (Å²) < 4.78 is 64.5. The molecule has 0 spiro atoms. The van der Waals surface area contributed by atoms with Crippen molar-refractivity contribution in [3.8, 4) is 23.3 Å². The highest BCUT2D eigenvalue weighted by Crippen LogP contribution is 2.38. The van der Waals surface area contributed by atoms with Gasteiger partial charge in [-0.3, -0.25) is 19.5 Å². The summed E-state index contributed by atoms with van der Waals surface area (Å²) in [7, 11) is -3.10. The van der Waals surface area contributed by atoms with Crippen LogP contribution in [0.5, 0.6) is 17.2 Å².